The molecule has 6 N–H and O–H groups in total. The lowest BCUT2D eigenvalue weighted by Crippen LogP contribution is -2.27. The zero-order valence-corrected chi connectivity index (χ0v) is 36.7. The number of aliphatic carboxylic acids is 3. The van der Waals surface area contributed by atoms with Gasteiger partial charge >= 0.3 is 17.9 Å². The number of hydrogen-bond acceptors (Lipinski definition) is 10. The van der Waals surface area contributed by atoms with Crippen molar-refractivity contribution in [3.05, 3.63) is 104 Å². The second-order valence-corrected chi connectivity index (χ2v) is 21.1. The van der Waals surface area contributed by atoms with Gasteiger partial charge in [0.15, 0.2) is 0 Å². The van der Waals surface area contributed by atoms with Crippen molar-refractivity contribution in [2.24, 2.45) is 35.5 Å². The second-order valence-electron chi connectivity index (χ2n) is 17.6. The van der Waals surface area contributed by atoms with E-state index >= 15 is 0 Å². The quantitative estimate of drug-likeness (QED) is 0.0500. The van der Waals surface area contributed by atoms with Gasteiger partial charge < -0.3 is 31.3 Å². The lowest BCUT2D eigenvalue weighted by molar-refractivity contribution is -0.144. The van der Waals surface area contributed by atoms with Crippen LogP contribution in [0.4, 0.5) is 0 Å². The summed E-state index contributed by atoms with van der Waals surface area (Å²) in [6, 6.07) is 26.5. The highest BCUT2D eigenvalue weighted by atomic mass is 32.1. The van der Waals surface area contributed by atoms with Crippen molar-refractivity contribution in [1.82, 2.24) is 20.9 Å². The molecule has 9 rings (SSSR count). The van der Waals surface area contributed by atoms with Crippen LogP contribution in [-0.2, 0) is 53.3 Å². The van der Waals surface area contributed by atoms with E-state index in [1.165, 1.54) is 30.8 Å². The number of thiophene rings is 3. The summed E-state index contributed by atoms with van der Waals surface area (Å²) in [5, 5.41) is 43.7. The first-order valence-electron chi connectivity index (χ1n) is 21.7. The summed E-state index contributed by atoms with van der Waals surface area (Å²) < 4.78 is 3.50. The lowest BCUT2D eigenvalue weighted by atomic mass is 9.88. The fourth-order valence-corrected chi connectivity index (χ4v) is 13.4. The maximum atomic E-state index is 12.3. The Labute approximate surface area is 368 Å². The molecule has 3 fully saturated rings. The van der Waals surface area contributed by atoms with Crippen LogP contribution in [0.2, 0.25) is 0 Å². The van der Waals surface area contributed by atoms with Gasteiger partial charge in [-0.15, -0.1) is 34.0 Å². The maximum absolute atomic E-state index is 12.3. The zero-order valence-electron chi connectivity index (χ0n) is 34.2. The summed E-state index contributed by atoms with van der Waals surface area (Å²) in [5.41, 5.74) is 3.56. The molecule has 0 spiro atoms. The molecule has 0 radical (unpaired) electrons. The second kappa shape index (κ2) is 18.6. The fraction of sp³-hybridized carbons (Fsp3) is 0.438. The number of nitrogens with one attached hydrogen (secondary N) is 3. The van der Waals surface area contributed by atoms with Gasteiger partial charge in [-0.3, -0.25) is 19.3 Å². The molecule has 3 aromatic carbocycles. The van der Waals surface area contributed by atoms with E-state index < -0.39 is 35.7 Å². The van der Waals surface area contributed by atoms with E-state index in [9.17, 15) is 29.7 Å². The molecule has 0 amide bonds. The van der Waals surface area contributed by atoms with Crippen molar-refractivity contribution in [2.75, 3.05) is 39.3 Å². The van der Waals surface area contributed by atoms with Crippen molar-refractivity contribution in [3.63, 3.8) is 0 Å². The van der Waals surface area contributed by atoms with Crippen LogP contribution in [0.15, 0.2) is 72.8 Å². The topological polar surface area (TPSA) is 151 Å². The third kappa shape index (κ3) is 9.88. The minimum absolute atomic E-state index is 0.152. The third-order valence-corrected chi connectivity index (χ3v) is 16.7. The van der Waals surface area contributed by atoms with Crippen molar-refractivity contribution in [1.29, 1.82) is 0 Å². The fourth-order valence-electron chi connectivity index (χ4n) is 10.1. The van der Waals surface area contributed by atoms with E-state index in [1.807, 2.05) is 0 Å². The van der Waals surface area contributed by atoms with Crippen LogP contribution in [0, 0.1) is 35.5 Å². The van der Waals surface area contributed by atoms with Gasteiger partial charge in [-0.25, -0.2) is 0 Å². The average Bonchev–Trinajstić information content (AvgIpc) is 4.08. The van der Waals surface area contributed by atoms with Crippen LogP contribution in [0.5, 0.6) is 0 Å². The van der Waals surface area contributed by atoms with Gasteiger partial charge in [-0.05, 0) is 183 Å². The van der Waals surface area contributed by atoms with Crippen LogP contribution < -0.4 is 16.0 Å². The van der Waals surface area contributed by atoms with E-state index in [4.69, 9.17) is 0 Å². The summed E-state index contributed by atoms with van der Waals surface area (Å²) in [4.78, 5) is 42.7. The van der Waals surface area contributed by atoms with Crippen molar-refractivity contribution in [3.8, 4) is 0 Å². The normalized spacial score (nSPS) is 20.9. The van der Waals surface area contributed by atoms with Gasteiger partial charge in [-0.2, -0.15) is 0 Å². The van der Waals surface area contributed by atoms with Crippen LogP contribution in [0.1, 0.15) is 50.6 Å². The van der Waals surface area contributed by atoms with E-state index in [1.54, 1.807) is 34.0 Å². The molecule has 6 unspecified atom stereocenters. The molecule has 3 aliphatic rings. The molecular formula is C48H54N4O6S3. The van der Waals surface area contributed by atoms with Gasteiger partial charge in [0, 0.05) is 48.4 Å². The van der Waals surface area contributed by atoms with Crippen LogP contribution in [0.25, 0.3) is 30.3 Å². The maximum Gasteiger partial charge on any atom is 0.307 e. The summed E-state index contributed by atoms with van der Waals surface area (Å²) >= 11 is 5.09. The first-order chi connectivity index (χ1) is 29.6. The Bertz CT molecular complexity index is 2250. The molecule has 0 aliphatic carbocycles. The molecule has 13 heteroatoms. The SMILES string of the molecule is O=C(O)C(Cc1cc2cc(CN(Cc3ccc4sc(CC(C(=O)O)C5CCNC5)cc4c3)Cc3ccc4sc(CC(C(=O)O)C5CCNC5)cc4c3)ccc2s1)C1CCNC1. The highest BCUT2D eigenvalue weighted by Gasteiger charge is 2.33. The van der Waals surface area contributed by atoms with Crippen LogP contribution >= 0.6 is 34.0 Å². The number of rotatable bonds is 18. The minimum Gasteiger partial charge on any atom is -0.481 e. The molecule has 61 heavy (non-hydrogen) atoms. The number of fused-ring (bicyclic) bond motifs is 3. The monoisotopic (exact) mass is 878 g/mol. The summed E-state index contributed by atoms with van der Waals surface area (Å²) in [5.74, 6) is -2.86. The molecule has 3 saturated heterocycles. The minimum atomic E-state index is -0.714. The number of benzene rings is 3. The lowest BCUT2D eigenvalue weighted by Gasteiger charge is -2.23. The number of carboxylic acid groups (broad SMARTS) is 3. The van der Waals surface area contributed by atoms with Crippen molar-refractivity contribution in [2.45, 2.75) is 58.2 Å². The molecule has 6 atom stereocenters. The van der Waals surface area contributed by atoms with Gasteiger partial charge in [0.1, 0.15) is 0 Å². The smallest absolute Gasteiger partial charge is 0.307 e. The predicted octanol–water partition coefficient (Wildman–Crippen LogP) is 8.09. The molecule has 6 heterocycles. The van der Waals surface area contributed by atoms with Crippen molar-refractivity contribution >= 4 is 82.2 Å². The van der Waals surface area contributed by atoms with Crippen LogP contribution in [-0.4, -0.2) is 77.4 Å². The number of hydrogen-bond donors (Lipinski definition) is 6. The van der Waals surface area contributed by atoms with E-state index in [2.05, 4.69) is 93.6 Å². The molecule has 320 valence electrons. The molecule has 10 nitrogen and oxygen atoms in total. The summed E-state index contributed by atoms with van der Waals surface area (Å²) in [6.45, 7) is 7.03. The zero-order chi connectivity index (χ0) is 42.0. The van der Waals surface area contributed by atoms with Gasteiger partial charge in [0.2, 0.25) is 0 Å². The molecule has 0 saturated carbocycles. The molecule has 3 aromatic heterocycles. The first kappa shape index (κ1) is 42.1. The predicted molar refractivity (Wildman–Crippen MR) is 246 cm³/mol. The van der Waals surface area contributed by atoms with Gasteiger partial charge in [-0.1, -0.05) is 18.2 Å². The van der Waals surface area contributed by atoms with E-state index in [0.717, 1.165) is 89.3 Å². The molecule has 6 aromatic rings. The highest BCUT2D eigenvalue weighted by molar-refractivity contribution is 7.19. The van der Waals surface area contributed by atoms with E-state index in [0.29, 0.717) is 38.9 Å². The number of carbonyl (C=O) groups is 3. The average molecular weight is 879 g/mol. The Morgan fingerprint density at radius 2 is 0.820 bits per heavy atom. The van der Waals surface area contributed by atoms with E-state index in [-0.39, 0.29) is 17.8 Å². The molecular weight excluding hydrogens is 825 g/mol. The Morgan fingerprint density at radius 3 is 1.08 bits per heavy atom. The summed E-state index contributed by atoms with van der Waals surface area (Å²) in [6.07, 6.45) is 4.34. The van der Waals surface area contributed by atoms with Gasteiger partial charge in [0.05, 0.1) is 17.8 Å². The standard InChI is InChI=1S/C48H54N4O6S3/c53-46(54)40(31-7-10-49-22-31)19-37-16-34-13-28(1-4-43(34)59-37)25-52(26-29-2-5-44-35(14-29)17-38(60-44)20-41(47(55)56)32-8-11-50-23-32)27-30-3-6-45-36(15-30)18-39(61-45)21-42(48(57)58)33-9-12-51-24-33/h1-6,13-18,31-33,40-42,49-51H,7-12,19-27H2,(H,53,54)(H,55,56)(H,57,58). The number of nitrogens with zero attached hydrogens (tertiary/aromatic N) is 1. The van der Waals surface area contributed by atoms with Crippen LogP contribution in [0.3, 0.4) is 0 Å². The van der Waals surface area contributed by atoms with Gasteiger partial charge in [0.25, 0.3) is 0 Å². The van der Waals surface area contributed by atoms with Crippen molar-refractivity contribution < 1.29 is 29.7 Å². The Hall–Kier alpha value is -4.21. The molecule has 0 bridgehead atoms. The summed E-state index contributed by atoms with van der Waals surface area (Å²) in [7, 11) is 0. The Kier molecular flexibility index (Phi) is 12.9. The number of carboxylic acids is 3. The first-order valence-corrected chi connectivity index (χ1v) is 24.1. The largest absolute Gasteiger partial charge is 0.481 e. The molecule has 3 aliphatic heterocycles. The Morgan fingerprint density at radius 1 is 0.508 bits per heavy atom. The Balaban J connectivity index is 0.966. The highest BCUT2D eigenvalue weighted by Crippen LogP contribution is 2.36. The third-order valence-electron chi connectivity index (χ3n) is 13.3.